The van der Waals surface area contributed by atoms with Gasteiger partial charge in [-0.05, 0) is 11.1 Å². The van der Waals surface area contributed by atoms with Gasteiger partial charge in [0.05, 0.1) is 0 Å². The lowest BCUT2D eigenvalue weighted by Crippen LogP contribution is -2.20. The van der Waals surface area contributed by atoms with Crippen molar-refractivity contribution >= 4 is 28.7 Å². The molecule has 28 heavy (non-hydrogen) atoms. The van der Waals surface area contributed by atoms with E-state index in [1.807, 2.05) is 72.8 Å². The fourth-order valence-corrected chi connectivity index (χ4v) is 6.44. The van der Waals surface area contributed by atoms with Gasteiger partial charge in [-0.3, -0.25) is 0 Å². The first kappa shape index (κ1) is 18.8. The molecule has 0 amide bonds. The van der Waals surface area contributed by atoms with Crippen LogP contribution in [0.25, 0.3) is 0 Å². The van der Waals surface area contributed by atoms with Crippen LogP contribution >= 0.6 is 6.26 Å². The van der Waals surface area contributed by atoms with Crippen molar-refractivity contribution in [3.05, 3.63) is 132 Å². The van der Waals surface area contributed by atoms with Crippen LogP contribution in [0.4, 0.5) is 0 Å². The average Bonchev–Trinajstić information content (AvgIpc) is 2.80. The highest BCUT2D eigenvalue weighted by molar-refractivity contribution is 8.19. The average molecular weight is 400 g/mol. The Labute approximate surface area is 171 Å². The maximum Gasteiger partial charge on any atom is 0.124 e. The molecule has 1 nitrogen and oxygen atoms in total. The second kappa shape index (κ2) is 8.67. The van der Waals surface area contributed by atoms with E-state index < -0.39 is 6.26 Å². The summed E-state index contributed by atoms with van der Waals surface area (Å²) in [6, 6.07) is 41.1. The van der Waals surface area contributed by atoms with Crippen molar-refractivity contribution in [3.63, 3.8) is 0 Å². The minimum absolute atomic E-state index is 0.228. The molecule has 0 radical (unpaired) electrons. The summed E-state index contributed by atoms with van der Waals surface area (Å²) in [5.41, 5.74) is 2.21. The number of rotatable bonds is 6. The maximum atomic E-state index is 6.91. The monoisotopic (exact) mass is 400 g/mol. The normalized spacial score (nSPS) is 11.5. The van der Waals surface area contributed by atoms with Crippen LogP contribution in [-0.2, 0) is 16.3 Å². The van der Waals surface area contributed by atoms with Gasteiger partial charge in [0.25, 0.3) is 0 Å². The van der Waals surface area contributed by atoms with Gasteiger partial charge in [-0.2, -0.15) is 0 Å². The molecule has 0 heterocycles. The van der Waals surface area contributed by atoms with E-state index in [-0.39, 0.29) is 6.10 Å². The van der Waals surface area contributed by atoms with E-state index in [1.54, 1.807) is 0 Å². The lowest BCUT2D eigenvalue weighted by molar-refractivity contribution is 0.282. The standard InChI is InChI=1S/C25H21OPS/c28-27(23-17-9-3-10-18-23,24-19-11-4-12-20-24)26-25(21-13-5-1-6-14-21)22-15-7-2-8-16-22/h1-20,25H. The van der Waals surface area contributed by atoms with Crippen LogP contribution in [0.3, 0.4) is 0 Å². The number of benzene rings is 4. The number of hydrogen-bond donors (Lipinski definition) is 0. The van der Waals surface area contributed by atoms with E-state index in [0.717, 1.165) is 21.7 Å². The van der Waals surface area contributed by atoms with E-state index in [4.69, 9.17) is 16.3 Å². The summed E-state index contributed by atoms with van der Waals surface area (Å²) in [6.07, 6.45) is -2.71. The predicted molar refractivity (Wildman–Crippen MR) is 122 cm³/mol. The molecule has 3 heteroatoms. The van der Waals surface area contributed by atoms with Crippen LogP contribution in [0.2, 0.25) is 0 Å². The Balaban J connectivity index is 1.85. The fraction of sp³-hybridized carbons (Fsp3) is 0.0400. The molecule has 138 valence electrons. The molecular formula is C25H21OPS. The van der Waals surface area contributed by atoms with Gasteiger partial charge in [0, 0.05) is 10.6 Å². The Kier molecular flexibility index (Phi) is 5.83. The Morgan fingerprint density at radius 1 is 0.500 bits per heavy atom. The molecular weight excluding hydrogens is 379 g/mol. The summed E-state index contributed by atoms with van der Waals surface area (Å²) in [7, 11) is 0. The van der Waals surface area contributed by atoms with Crippen molar-refractivity contribution in [2.45, 2.75) is 6.10 Å². The molecule has 0 aliphatic carbocycles. The van der Waals surface area contributed by atoms with Crippen LogP contribution in [0.1, 0.15) is 17.2 Å². The Morgan fingerprint density at radius 3 is 1.18 bits per heavy atom. The molecule has 0 aromatic heterocycles. The lowest BCUT2D eigenvalue weighted by atomic mass is 10.0. The van der Waals surface area contributed by atoms with Crippen molar-refractivity contribution in [1.82, 2.24) is 0 Å². The molecule has 4 rings (SSSR count). The predicted octanol–water partition coefficient (Wildman–Crippen LogP) is 5.84. The summed E-state index contributed by atoms with van der Waals surface area (Å²) in [4.78, 5) is 0. The van der Waals surface area contributed by atoms with Gasteiger partial charge in [0.2, 0.25) is 0 Å². The van der Waals surface area contributed by atoms with Crippen molar-refractivity contribution in [2.75, 3.05) is 0 Å². The first-order valence-corrected chi connectivity index (χ1v) is 12.0. The number of hydrogen-bond acceptors (Lipinski definition) is 2. The lowest BCUT2D eigenvalue weighted by Gasteiger charge is -2.29. The largest absolute Gasteiger partial charge is 0.330 e. The third-order valence-corrected chi connectivity index (χ3v) is 8.64. The molecule has 0 saturated heterocycles. The second-order valence-corrected chi connectivity index (χ2v) is 10.4. The van der Waals surface area contributed by atoms with Crippen LogP contribution in [-0.4, -0.2) is 0 Å². The van der Waals surface area contributed by atoms with Gasteiger partial charge in [-0.25, -0.2) is 0 Å². The Hall–Kier alpha value is -2.51. The highest BCUT2D eigenvalue weighted by atomic mass is 32.4. The summed E-state index contributed by atoms with van der Waals surface area (Å²) < 4.78 is 6.91. The van der Waals surface area contributed by atoms with Crippen molar-refractivity contribution in [3.8, 4) is 0 Å². The Morgan fingerprint density at radius 2 is 0.821 bits per heavy atom. The third-order valence-electron chi connectivity index (χ3n) is 4.65. The molecule has 0 aliphatic rings. The molecule has 0 bridgehead atoms. The highest BCUT2D eigenvalue weighted by Gasteiger charge is 2.29. The molecule has 0 unspecified atom stereocenters. The topological polar surface area (TPSA) is 9.23 Å². The quantitative estimate of drug-likeness (QED) is 0.376. The van der Waals surface area contributed by atoms with E-state index in [2.05, 4.69) is 48.5 Å². The van der Waals surface area contributed by atoms with E-state index in [1.165, 1.54) is 0 Å². The van der Waals surface area contributed by atoms with Crippen molar-refractivity contribution in [2.24, 2.45) is 0 Å². The summed E-state index contributed by atoms with van der Waals surface area (Å²) >= 11 is 6.30. The van der Waals surface area contributed by atoms with Gasteiger partial charge in [0.15, 0.2) is 0 Å². The molecule has 0 spiro atoms. The molecule has 0 N–H and O–H groups in total. The van der Waals surface area contributed by atoms with Crippen molar-refractivity contribution in [1.29, 1.82) is 0 Å². The van der Waals surface area contributed by atoms with E-state index in [0.29, 0.717) is 0 Å². The second-order valence-electron chi connectivity index (χ2n) is 6.53. The minimum Gasteiger partial charge on any atom is -0.330 e. The van der Waals surface area contributed by atoms with Crippen molar-refractivity contribution < 1.29 is 4.52 Å². The SMILES string of the molecule is S=P(OC(c1ccccc1)c1ccccc1)(c1ccccc1)c1ccccc1. The molecule has 0 aliphatic heterocycles. The van der Waals surface area contributed by atoms with Gasteiger partial charge in [0.1, 0.15) is 12.4 Å². The fourth-order valence-electron chi connectivity index (χ4n) is 3.24. The zero-order valence-electron chi connectivity index (χ0n) is 15.4. The van der Waals surface area contributed by atoms with Crippen LogP contribution < -0.4 is 10.6 Å². The Bertz CT molecular complexity index is 968. The first-order valence-electron chi connectivity index (χ1n) is 9.27. The summed E-state index contributed by atoms with van der Waals surface area (Å²) in [5, 5.41) is 2.13. The molecule has 0 atom stereocenters. The smallest absolute Gasteiger partial charge is 0.124 e. The summed E-state index contributed by atoms with van der Waals surface area (Å²) in [6.45, 7) is 0. The molecule has 0 fully saturated rings. The molecule has 4 aromatic carbocycles. The van der Waals surface area contributed by atoms with Gasteiger partial charge >= 0.3 is 0 Å². The minimum atomic E-state index is -2.48. The van der Waals surface area contributed by atoms with Gasteiger partial charge < -0.3 is 4.52 Å². The molecule has 4 aromatic rings. The van der Waals surface area contributed by atoms with Crippen LogP contribution in [0, 0.1) is 0 Å². The highest BCUT2D eigenvalue weighted by Crippen LogP contribution is 2.50. The van der Waals surface area contributed by atoms with Crippen LogP contribution in [0.5, 0.6) is 0 Å². The summed E-state index contributed by atoms with van der Waals surface area (Å²) in [5.74, 6) is 0. The zero-order valence-corrected chi connectivity index (χ0v) is 17.1. The van der Waals surface area contributed by atoms with E-state index >= 15 is 0 Å². The molecule has 0 saturated carbocycles. The van der Waals surface area contributed by atoms with Gasteiger partial charge in [-0.15, -0.1) is 0 Å². The zero-order chi connectivity index (χ0) is 19.2. The van der Waals surface area contributed by atoms with Gasteiger partial charge in [-0.1, -0.05) is 133 Å². The van der Waals surface area contributed by atoms with Crippen LogP contribution in [0.15, 0.2) is 121 Å². The van der Waals surface area contributed by atoms with E-state index in [9.17, 15) is 0 Å². The third kappa shape index (κ3) is 4.00. The first-order chi connectivity index (χ1) is 13.8. The maximum absolute atomic E-state index is 6.91.